The van der Waals surface area contributed by atoms with Gasteiger partial charge < -0.3 is 10.6 Å². The van der Waals surface area contributed by atoms with Gasteiger partial charge in [0.15, 0.2) is 10.9 Å². The molecule has 2 N–H and O–H groups in total. The number of ketones is 1. The Morgan fingerprint density at radius 2 is 1.70 bits per heavy atom. The zero-order valence-corrected chi connectivity index (χ0v) is 13.2. The van der Waals surface area contributed by atoms with Crippen LogP contribution in [-0.2, 0) is 0 Å². The molecule has 0 spiro atoms. The number of Topliss-reactive ketones (excluding diaryl/α,β-unsaturated/α-hetero) is 1. The Hall–Kier alpha value is -1.72. The molecule has 3 nitrogen and oxygen atoms in total. The Morgan fingerprint density at radius 1 is 1.05 bits per heavy atom. The molecular formula is C15H13BrN2OS. The van der Waals surface area contributed by atoms with Crippen molar-refractivity contribution in [3.63, 3.8) is 0 Å². The minimum atomic E-state index is 0.0476. The minimum absolute atomic E-state index is 0.0476. The highest BCUT2D eigenvalue weighted by Gasteiger charge is 2.01. The monoisotopic (exact) mass is 348 g/mol. The van der Waals surface area contributed by atoms with Crippen molar-refractivity contribution >= 4 is 50.4 Å². The van der Waals surface area contributed by atoms with Gasteiger partial charge in [0, 0.05) is 21.4 Å². The van der Waals surface area contributed by atoms with Gasteiger partial charge in [-0.25, -0.2) is 0 Å². The van der Waals surface area contributed by atoms with E-state index in [0.717, 1.165) is 15.8 Å². The lowest BCUT2D eigenvalue weighted by Gasteiger charge is -2.11. The third kappa shape index (κ3) is 4.15. The van der Waals surface area contributed by atoms with Crippen LogP contribution in [0.2, 0.25) is 0 Å². The number of halogens is 1. The van der Waals surface area contributed by atoms with Crippen LogP contribution in [-0.4, -0.2) is 10.9 Å². The van der Waals surface area contributed by atoms with Crippen LogP contribution in [0.3, 0.4) is 0 Å². The number of benzene rings is 2. The van der Waals surface area contributed by atoms with Crippen molar-refractivity contribution in [3.05, 3.63) is 58.6 Å². The van der Waals surface area contributed by atoms with Crippen LogP contribution in [0.4, 0.5) is 11.4 Å². The summed E-state index contributed by atoms with van der Waals surface area (Å²) in [4.78, 5) is 11.2. The number of anilines is 2. The molecule has 2 aromatic carbocycles. The van der Waals surface area contributed by atoms with Gasteiger partial charge in [-0.05, 0) is 61.6 Å². The summed E-state index contributed by atoms with van der Waals surface area (Å²) in [5, 5.41) is 6.66. The molecule has 2 aromatic rings. The number of carbonyl (C=O) groups is 1. The second kappa shape index (κ2) is 6.63. The smallest absolute Gasteiger partial charge is 0.175 e. The minimum Gasteiger partial charge on any atom is -0.332 e. The summed E-state index contributed by atoms with van der Waals surface area (Å²) in [5.41, 5.74) is 2.42. The quantitative estimate of drug-likeness (QED) is 0.634. The molecule has 0 saturated carbocycles. The van der Waals surface area contributed by atoms with Gasteiger partial charge in [-0.3, -0.25) is 4.79 Å². The Balaban J connectivity index is 1.99. The summed E-state index contributed by atoms with van der Waals surface area (Å²) < 4.78 is 0.983. The van der Waals surface area contributed by atoms with Crippen molar-refractivity contribution in [3.8, 4) is 0 Å². The average Bonchev–Trinajstić information content (AvgIpc) is 2.39. The van der Waals surface area contributed by atoms with E-state index < -0.39 is 0 Å². The Bertz CT molecular complexity index is 641. The fraction of sp³-hybridized carbons (Fsp3) is 0.0667. The maximum atomic E-state index is 11.2. The SMILES string of the molecule is CC(=O)c1ccc(NC(=S)Nc2cccc(Br)c2)cc1. The van der Waals surface area contributed by atoms with E-state index in [1.807, 2.05) is 36.4 Å². The molecule has 0 aliphatic carbocycles. The summed E-state index contributed by atoms with van der Waals surface area (Å²) in [6, 6.07) is 14.9. The van der Waals surface area contributed by atoms with E-state index in [1.54, 1.807) is 19.1 Å². The lowest BCUT2D eigenvalue weighted by atomic mass is 10.1. The first-order valence-corrected chi connectivity index (χ1v) is 7.19. The molecule has 0 radical (unpaired) electrons. The van der Waals surface area contributed by atoms with E-state index in [9.17, 15) is 4.79 Å². The molecule has 0 bridgehead atoms. The number of hydrogen-bond acceptors (Lipinski definition) is 2. The van der Waals surface area contributed by atoms with Gasteiger partial charge in [-0.2, -0.15) is 0 Å². The van der Waals surface area contributed by atoms with Gasteiger partial charge in [0.1, 0.15) is 0 Å². The third-order valence-corrected chi connectivity index (χ3v) is 3.33. The number of carbonyl (C=O) groups excluding carboxylic acids is 1. The lowest BCUT2D eigenvalue weighted by Crippen LogP contribution is -2.19. The molecule has 0 fully saturated rings. The summed E-state index contributed by atoms with van der Waals surface area (Å²) in [5.74, 6) is 0.0476. The Morgan fingerprint density at radius 3 is 2.30 bits per heavy atom. The third-order valence-electron chi connectivity index (χ3n) is 2.63. The Labute approximate surface area is 131 Å². The van der Waals surface area contributed by atoms with Crippen molar-refractivity contribution in [2.75, 3.05) is 10.6 Å². The molecule has 0 aliphatic heterocycles. The second-order valence-electron chi connectivity index (χ2n) is 4.22. The highest BCUT2D eigenvalue weighted by molar-refractivity contribution is 9.10. The van der Waals surface area contributed by atoms with Gasteiger partial charge in [0.25, 0.3) is 0 Å². The van der Waals surface area contributed by atoms with E-state index in [4.69, 9.17) is 12.2 Å². The molecule has 0 aliphatic rings. The normalized spacial score (nSPS) is 9.90. The average molecular weight is 349 g/mol. The van der Waals surface area contributed by atoms with Gasteiger partial charge in [0.2, 0.25) is 0 Å². The van der Waals surface area contributed by atoms with E-state index in [0.29, 0.717) is 10.7 Å². The van der Waals surface area contributed by atoms with Crippen LogP contribution in [0.1, 0.15) is 17.3 Å². The summed E-state index contributed by atoms with van der Waals surface area (Å²) in [7, 11) is 0. The first-order valence-electron chi connectivity index (χ1n) is 5.99. The maximum Gasteiger partial charge on any atom is 0.175 e. The second-order valence-corrected chi connectivity index (χ2v) is 5.55. The van der Waals surface area contributed by atoms with E-state index in [-0.39, 0.29) is 5.78 Å². The molecule has 0 atom stereocenters. The topological polar surface area (TPSA) is 41.1 Å². The maximum absolute atomic E-state index is 11.2. The molecule has 0 heterocycles. The highest BCUT2D eigenvalue weighted by atomic mass is 79.9. The van der Waals surface area contributed by atoms with Crippen molar-refractivity contribution in [1.82, 2.24) is 0 Å². The first-order chi connectivity index (χ1) is 9.54. The van der Waals surface area contributed by atoms with Crippen LogP contribution < -0.4 is 10.6 Å². The van der Waals surface area contributed by atoms with Crippen molar-refractivity contribution in [2.24, 2.45) is 0 Å². The zero-order valence-electron chi connectivity index (χ0n) is 10.8. The summed E-state index contributed by atoms with van der Waals surface area (Å²) in [6.45, 7) is 1.54. The standard InChI is InChI=1S/C15H13BrN2OS/c1-10(19)11-5-7-13(8-6-11)17-15(20)18-14-4-2-3-12(16)9-14/h2-9H,1H3,(H2,17,18,20). The molecule has 2 rings (SSSR count). The highest BCUT2D eigenvalue weighted by Crippen LogP contribution is 2.16. The first kappa shape index (κ1) is 14.7. The van der Waals surface area contributed by atoms with Crippen LogP contribution in [0.25, 0.3) is 0 Å². The molecule has 20 heavy (non-hydrogen) atoms. The van der Waals surface area contributed by atoms with Crippen molar-refractivity contribution in [1.29, 1.82) is 0 Å². The molecule has 0 saturated heterocycles. The van der Waals surface area contributed by atoms with Gasteiger partial charge in [-0.15, -0.1) is 0 Å². The summed E-state index contributed by atoms with van der Waals surface area (Å²) >= 11 is 8.65. The number of thiocarbonyl (C=S) groups is 1. The molecule has 0 unspecified atom stereocenters. The molecular weight excluding hydrogens is 336 g/mol. The van der Waals surface area contributed by atoms with Crippen molar-refractivity contribution < 1.29 is 4.79 Å². The Kier molecular flexibility index (Phi) is 4.87. The molecule has 0 aromatic heterocycles. The van der Waals surface area contributed by atoms with Crippen LogP contribution in [0.15, 0.2) is 53.0 Å². The number of rotatable bonds is 3. The lowest BCUT2D eigenvalue weighted by molar-refractivity contribution is 0.101. The number of nitrogens with one attached hydrogen (secondary N) is 2. The van der Waals surface area contributed by atoms with Crippen LogP contribution >= 0.6 is 28.1 Å². The molecule has 102 valence electrons. The summed E-state index contributed by atoms with van der Waals surface area (Å²) in [6.07, 6.45) is 0. The van der Waals surface area contributed by atoms with E-state index >= 15 is 0 Å². The number of hydrogen-bond donors (Lipinski definition) is 2. The van der Waals surface area contributed by atoms with Crippen LogP contribution in [0, 0.1) is 0 Å². The predicted molar refractivity (Wildman–Crippen MR) is 90.4 cm³/mol. The van der Waals surface area contributed by atoms with E-state index in [2.05, 4.69) is 26.6 Å². The van der Waals surface area contributed by atoms with Gasteiger partial charge in [-0.1, -0.05) is 22.0 Å². The van der Waals surface area contributed by atoms with Crippen LogP contribution in [0.5, 0.6) is 0 Å². The van der Waals surface area contributed by atoms with Gasteiger partial charge >= 0.3 is 0 Å². The van der Waals surface area contributed by atoms with E-state index in [1.165, 1.54) is 0 Å². The zero-order chi connectivity index (χ0) is 14.5. The molecule has 5 heteroatoms. The molecule has 0 amide bonds. The predicted octanol–water partition coefficient (Wildman–Crippen LogP) is 4.46. The fourth-order valence-corrected chi connectivity index (χ4v) is 2.28. The van der Waals surface area contributed by atoms with Gasteiger partial charge in [0.05, 0.1) is 0 Å². The largest absolute Gasteiger partial charge is 0.332 e. The fourth-order valence-electron chi connectivity index (χ4n) is 1.65. The van der Waals surface area contributed by atoms with Crippen molar-refractivity contribution in [2.45, 2.75) is 6.92 Å².